The van der Waals surface area contributed by atoms with Gasteiger partial charge in [-0.15, -0.1) is 12.4 Å². The Balaban J connectivity index is 0.00000242. The molecule has 1 amide bonds. The molecule has 1 unspecified atom stereocenters. The van der Waals surface area contributed by atoms with Gasteiger partial charge in [-0.1, -0.05) is 11.6 Å². The number of amides is 1. The molecule has 1 fully saturated rings. The van der Waals surface area contributed by atoms with Crippen molar-refractivity contribution in [2.75, 3.05) is 19.7 Å². The number of carbonyl (C=O) groups excluding carboxylic acids is 1. The van der Waals surface area contributed by atoms with Crippen LogP contribution in [0.3, 0.4) is 0 Å². The first-order valence-electron chi connectivity index (χ1n) is 7.08. The third-order valence-corrected chi connectivity index (χ3v) is 4.18. The first kappa shape index (κ1) is 19.0. The van der Waals surface area contributed by atoms with Crippen molar-refractivity contribution in [1.29, 1.82) is 0 Å². The second-order valence-electron chi connectivity index (χ2n) is 5.44. The van der Waals surface area contributed by atoms with Crippen LogP contribution >= 0.6 is 24.0 Å². The van der Waals surface area contributed by atoms with Gasteiger partial charge in [-0.3, -0.25) is 4.79 Å². The molecule has 0 aliphatic carbocycles. The molecule has 1 atom stereocenters. The fourth-order valence-electron chi connectivity index (χ4n) is 2.48. The van der Waals surface area contributed by atoms with Gasteiger partial charge in [0.2, 0.25) is 0 Å². The van der Waals surface area contributed by atoms with Gasteiger partial charge in [0, 0.05) is 25.2 Å². The van der Waals surface area contributed by atoms with Gasteiger partial charge in [0.25, 0.3) is 5.91 Å². The smallest absolute Gasteiger partial charge is 0.260 e. The van der Waals surface area contributed by atoms with E-state index in [0.29, 0.717) is 24.8 Å². The highest BCUT2D eigenvalue weighted by Crippen LogP contribution is 2.22. The molecule has 2 N–H and O–H groups in total. The highest BCUT2D eigenvalue weighted by Gasteiger charge is 2.24. The largest absolute Gasteiger partial charge is 0.484 e. The molecule has 124 valence electrons. The molecule has 4 nitrogen and oxygen atoms in total. The monoisotopic (exact) mass is 350 g/mol. The van der Waals surface area contributed by atoms with Crippen molar-refractivity contribution in [2.45, 2.75) is 25.8 Å². The topological polar surface area (TPSA) is 55.6 Å². The van der Waals surface area contributed by atoms with Crippen molar-refractivity contribution in [2.24, 2.45) is 11.7 Å². The summed E-state index contributed by atoms with van der Waals surface area (Å²) in [6, 6.07) is 4.21. The highest BCUT2D eigenvalue weighted by molar-refractivity contribution is 6.30. The van der Waals surface area contributed by atoms with Crippen LogP contribution in [0.1, 0.15) is 19.8 Å². The highest BCUT2D eigenvalue weighted by atomic mass is 35.5. The Labute approximate surface area is 141 Å². The molecular weight excluding hydrogens is 330 g/mol. The molecule has 0 bridgehead atoms. The Morgan fingerprint density at radius 3 is 2.68 bits per heavy atom. The third kappa shape index (κ3) is 5.00. The minimum Gasteiger partial charge on any atom is -0.484 e. The Morgan fingerprint density at radius 2 is 2.14 bits per heavy atom. The number of carbonyl (C=O) groups is 1. The van der Waals surface area contributed by atoms with Crippen LogP contribution in [0.15, 0.2) is 18.2 Å². The average molecular weight is 351 g/mol. The molecule has 1 saturated heterocycles. The molecule has 1 aliphatic heterocycles. The van der Waals surface area contributed by atoms with E-state index in [1.54, 1.807) is 4.90 Å². The van der Waals surface area contributed by atoms with E-state index in [9.17, 15) is 9.18 Å². The number of benzene rings is 1. The van der Waals surface area contributed by atoms with Crippen LogP contribution in [0.4, 0.5) is 4.39 Å². The SMILES string of the molecule is CC(N)C1CCN(C(=O)COc2ccc(F)c(Cl)c2)CC1.Cl. The molecule has 1 aliphatic rings. The fourth-order valence-corrected chi connectivity index (χ4v) is 2.65. The van der Waals surface area contributed by atoms with Crippen molar-refractivity contribution >= 4 is 29.9 Å². The van der Waals surface area contributed by atoms with E-state index in [4.69, 9.17) is 22.1 Å². The molecule has 1 aromatic rings. The molecule has 7 heteroatoms. The lowest BCUT2D eigenvalue weighted by molar-refractivity contribution is -0.134. The summed E-state index contributed by atoms with van der Waals surface area (Å²) in [6.07, 6.45) is 1.84. The van der Waals surface area contributed by atoms with Crippen LogP contribution in [0.25, 0.3) is 0 Å². The maximum absolute atomic E-state index is 13.0. The lowest BCUT2D eigenvalue weighted by atomic mass is 9.91. The summed E-state index contributed by atoms with van der Waals surface area (Å²) in [5.74, 6) is 0.290. The van der Waals surface area contributed by atoms with E-state index >= 15 is 0 Å². The summed E-state index contributed by atoms with van der Waals surface area (Å²) in [4.78, 5) is 13.8. The number of rotatable bonds is 4. The molecule has 0 radical (unpaired) electrons. The first-order chi connectivity index (χ1) is 9.97. The lowest BCUT2D eigenvalue weighted by Gasteiger charge is -2.33. The zero-order chi connectivity index (χ0) is 15.4. The second-order valence-corrected chi connectivity index (χ2v) is 5.85. The van der Waals surface area contributed by atoms with E-state index in [1.165, 1.54) is 18.2 Å². The maximum Gasteiger partial charge on any atom is 0.260 e. The number of piperidine rings is 1. The Morgan fingerprint density at radius 1 is 1.50 bits per heavy atom. The molecule has 2 rings (SSSR count). The normalized spacial score (nSPS) is 16.8. The van der Waals surface area contributed by atoms with E-state index in [2.05, 4.69) is 0 Å². The van der Waals surface area contributed by atoms with Crippen molar-refractivity contribution in [3.05, 3.63) is 29.0 Å². The number of nitrogens with zero attached hydrogens (tertiary/aromatic N) is 1. The summed E-state index contributed by atoms with van der Waals surface area (Å²) in [5, 5.41) is -0.0160. The van der Waals surface area contributed by atoms with Gasteiger partial charge in [-0.05, 0) is 37.8 Å². The van der Waals surface area contributed by atoms with Crippen molar-refractivity contribution in [3.63, 3.8) is 0 Å². The van der Waals surface area contributed by atoms with Crippen molar-refractivity contribution < 1.29 is 13.9 Å². The van der Waals surface area contributed by atoms with Gasteiger partial charge < -0.3 is 15.4 Å². The zero-order valence-electron chi connectivity index (χ0n) is 12.4. The van der Waals surface area contributed by atoms with Crippen LogP contribution in [-0.4, -0.2) is 36.5 Å². The van der Waals surface area contributed by atoms with Gasteiger partial charge >= 0.3 is 0 Å². The summed E-state index contributed by atoms with van der Waals surface area (Å²) in [6.45, 7) is 3.35. The molecule has 1 aromatic carbocycles. The molecule has 0 aromatic heterocycles. The van der Waals surface area contributed by atoms with Crippen LogP contribution in [0.5, 0.6) is 5.75 Å². The molecule has 0 saturated carbocycles. The average Bonchev–Trinajstić information content (AvgIpc) is 2.48. The van der Waals surface area contributed by atoms with Gasteiger partial charge in [-0.25, -0.2) is 4.39 Å². The van der Waals surface area contributed by atoms with Gasteiger partial charge in [-0.2, -0.15) is 0 Å². The number of likely N-dealkylation sites (tertiary alicyclic amines) is 1. The van der Waals surface area contributed by atoms with Crippen LogP contribution in [0.2, 0.25) is 5.02 Å². The number of nitrogens with two attached hydrogens (primary N) is 1. The minimum atomic E-state index is -0.506. The quantitative estimate of drug-likeness (QED) is 0.908. The summed E-state index contributed by atoms with van der Waals surface area (Å²) >= 11 is 5.66. The van der Waals surface area contributed by atoms with E-state index in [-0.39, 0.29) is 36.0 Å². The lowest BCUT2D eigenvalue weighted by Crippen LogP contribution is -2.44. The Kier molecular flexibility index (Phi) is 7.39. The van der Waals surface area contributed by atoms with E-state index in [0.717, 1.165) is 12.8 Å². The number of hydrogen-bond acceptors (Lipinski definition) is 3. The maximum atomic E-state index is 13.0. The van der Waals surface area contributed by atoms with Crippen LogP contribution < -0.4 is 10.5 Å². The minimum absolute atomic E-state index is 0. The number of hydrogen-bond donors (Lipinski definition) is 1. The number of halogens is 3. The van der Waals surface area contributed by atoms with E-state index in [1.807, 2.05) is 6.92 Å². The predicted molar refractivity (Wildman–Crippen MR) is 87.1 cm³/mol. The predicted octanol–water partition coefficient (Wildman–Crippen LogP) is 2.87. The summed E-state index contributed by atoms with van der Waals surface area (Å²) in [7, 11) is 0. The molecular formula is C15H21Cl2FN2O2. The summed E-state index contributed by atoms with van der Waals surface area (Å²) in [5.41, 5.74) is 5.88. The van der Waals surface area contributed by atoms with Gasteiger partial charge in [0.05, 0.1) is 5.02 Å². The van der Waals surface area contributed by atoms with Crippen LogP contribution in [0, 0.1) is 11.7 Å². The molecule has 0 spiro atoms. The molecule has 1 heterocycles. The number of ether oxygens (including phenoxy) is 1. The Bertz CT molecular complexity index is 506. The third-order valence-electron chi connectivity index (χ3n) is 3.89. The zero-order valence-corrected chi connectivity index (χ0v) is 14.0. The van der Waals surface area contributed by atoms with Crippen molar-refractivity contribution in [3.8, 4) is 5.75 Å². The standard InChI is InChI=1S/C15H20ClFN2O2.ClH/c1-10(18)11-4-6-19(7-5-11)15(20)9-21-12-2-3-14(17)13(16)8-12;/h2-3,8,10-11H,4-7,9,18H2,1H3;1H. The summed E-state index contributed by atoms with van der Waals surface area (Å²) < 4.78 is 18.4. The van der Waals surface area contributed by atoms with Gasteiger partial charge in [0.15, 0.2) is 6.61 Å². The van der Waals surface area contributed by atoms with Crippen molar-refractivity contribution in [1.82, 2.24) is 4.90 Å². The van der Waals surface area contributed by atoms with Crippen LogP contribution in [-0.2, 0) is 4.79 Å². The molecule has 22 heavy (non-hydrogen) atoms. The Hall–Kier alpha value is -1.04. The van der Waals surface area contributed by atoms with E-state index < -0.39 is 5.82 Å². The first-order valence-corrected chi connectivity index (χ1v) is 7.46. The second kappa shape index (κ2) is 8.56. The fraction of sp³-hybridized carbons (Fsp3) is 0.533. The van der Waals surface area contributed by atoms with Gasteiger partial charge in [0.1, 0.15) is 11.6 Å².